The minimum atomic E-state index is -0.383. The number of nitrogens with zero attached hydrogens (tertiary/aromatic N) is 1. The highest BCUT2D eigenvalue weighted by atomic mass is 32.1. The number of hydrogen-bond donors (Lipinski definition) is 0. The van der Waals surface area contributed by atoms with Gasteiger partial charge in [0.2, 0.25) is 6.08 Å². The van der Waals surface area contributed by atoms with Crippen molar-refractivity contribution in [1.29, 1.82) is 0 Å². The van der Waals surface area contributed by atoms with Crippen LogP contribution < -0.4 is 0 Å². The molecule has 0 saturated heterocycles. The molecule has 0 N–H and O–H groups in total. The molecule has 0 atom stereocenters. The maximum atomic E-state index is 10.7. The summed E-state index contributed by atoms with van der Waals surface area (Å²) < 4.78 is 0. The van der Waals surface area contributed by atoms with E-state index in [1.165, 1.54) is 11.0 Å². The molecule has 1 aromatic rings. The molecule has 0 spiro atoms. The van der Waals surface area contributed by atoms with Crippen molar-refractivity contribution < 1.29 is 9.59 Å². The summed E-state index contributed by atoms with van der Waals surface area (Å²) in [6.07, 6.45) is 3.18. The monoisotopic (exact) mass is 195 g/mol. The summed E-state index contributed by atoms with van der Waals surface area (Å²) in [6.45, 7) is 0. The summed E-state index contributed by atoms with van der Waals surface area (Å²) in [4.78, 5) is 24.7. The Bertz CT molecular complexity index is 312. The molecule has 0 aromatic carbocycles. The standard InChI is InChI=1S/C9H9NO2S/c11-7-10-9(12)5-1-3-8-4-2-6-13-8/h2,4,6H,1,3,5H2. The number of carbonyl (C=O) groups is 1. The summed E-state index contributed by atoms with van der Waals surface area (Å²) in [5, 5.41) is 2.00. The zero-order valence-corrected chi connectivity index (χ0v) is 7.84. The third-order valence-electron chi connectivity index (χ3n) is 1.56. The largest absolute Gasteiger partial charge is 0.272 e. The van der Waals surface area contributed by atoms with Crippen LogP contribution in [0.3, 0.4) is 0 Å². The topological polar surface area (TPSA) is 46.5 Å². The maximum absolute atomic E-state index is 10.7. The third kappa shape index (κ3) is 3.78. The van der Waals surface area contributed by atoms with E-state index >= 15 is 0 Å². The zero-order valence-electron chi connectivity index (χ0n) is 7.03. The quantitative estimate of drug-likeness (QED) is 0.544. The summed E-state index contributed by atoms with van der Waals surface area (Å²) in [7, 11) is 0. The van der Waals surface area contributed by atoms with Crippen molar-refractivity contribution in [2.24, 2.45) is 4.99 Å². The van der Waals surface area contributed by atoms with Crippen LogP contribution in [0.25, 0.3) is 0 Å². The van der Waals surface area contributed by atoms with Gasteiger partial charge in [0.15, 0.2) is 0 Å². The van der Waals surface area contributed by atoms with Gasteiger partial charge in [-0.1, -0.05) is 6.07 Å². The van der Waals surface area contributed by atoms with Gasteiger partial charge in [0, 0.05) is 11.3 Å². The molecular formula is C9H9NO2S. The highest BCUT2D eigenvalue weighted by Gasteiger charge is 1.99. The van der Waals surface area contributed by atoms with Crippen LogP contribution in [-0.4, -0.2) is 12.0 Å². The summed E-state index contributed by atoms with van der Waals surface area (Å²) >= 11 is 1.67. The molecule has 1 aromatic heterocycles. The average molecular weight is 195 g/mol. The molecule has 13 heavy (non-hydrogen) atoms. The van der Waals surface area contributed by atoms with Crippen molar-refractivity contribution >= 4 is 23.3 Å². The number of thiophene rings is 1. The van der Waals surface area contributed by atoms with E-state index in [2.05, 4.69) is 4.99 Å². The second-order valence-electron chi connectivity index (χ2n) is 2.53. The minimum absolute atomic E-state index is 0.327. The van der Waals surface area contributed by atoms with Gasteiger partial charge in [-0.25, -0.2) is 4.79 Å². The lowest BCUT2D eigenvalue weighted by Crippen LogP contribution is -1.93. The minimum Gasteiger partial charge on any atom is -0.272 e. The molecule has 1 amide bonds. The lowest BCUT2D eigenvalue weighted by Gasteiger charge is -1.93. The Morgan fingerprint density at radius 1 is 1.62 bits per heavy atom. The molecule has 3 nitrogen and oxygen atoms in total. The Morgan fingerprint density at radius 3 is 3.08 bits per heavy atom. The van der Waals surface area contributed by atoms with Gasteiger partial charge in [0.25, 0.3) is 5.91 Å². The Hall–Kier alpha value is -1.25. The van der Waals surface area contributed by atoms with Crippen molar-refractivity contribution in [2.45, 2.75) is 19.3 Å². The molecule has 0 fully saturated rings. The van der Waals surface area contributed by atoms with Gasteiger partial charge in [0.05, 0.1) is 0 Å². The van der Waals surface area contributed by atoms with Gasteiger partial charge in [-0.05, 0) is 24.3 Å². The van der Waals surface area contributed by atoms with Crippen LogP contribution in [0.4, 0.5) is 0 Å². The van der Waals surface area contributed by atoms with E-state index in [-0.39, 0.29) is 5.91 Å². The Balaban J connectivity index is 2.21. The fourth-order valence-electron chi connectivity index (χ4n) is 0.975. The highest BCUT2D eigenvalue weighted by Crippen LogP contribution is 2.11. The number of aryl methyl sites for hydroxylation is 1. The number of hydrogen-bond acceptors (Lipinski definition) is 3. The average Bonchev–Trinajstić information content (AvgIpc) is 2.57. The molecule has 0 radical (unpaired) electrons. The van der Waals surface area contributed by atoms with Crippen molar-refractivity contribution in [2.75, 3.05) is 0 Å². The molecule has 1 heterocycles. The maximum Gasteiger partial charge on any atom is 0.256 e. The molecule has 1 rings (SSSR count). The zero-order chi connectivity index (χ0) is 9.52. The van der Waals surface area contributed by atoms with Crippen molar-refractivity contribution in [3.05, 3.63) is 22.4 Å². The lowest BCUT2D eigenvalue weighted by atomic mass is 10.2. The molecular weight excluding hydrogens is 186 g/mol. The molecule has 0 aliphatic heterocycles. The van der Waals surface area contributed by atoms with E-state index < -0.39 is 0 Å². The molecule has 68 valence electrons. The third-order valence-corrected chi connectivity index (χ3v) is 2.50. The van der Waals surface area contributed by atoms with E-state index in [1.807, 2.05) is 17.5 Å². The van der Waals surface area contributed by atoms with Crippen molar-refractivity contribution in [1.82, 2.24) is 0 Å². The van der Waals surface area contributed by atoms with Gasteiger partial charge in [0.1, 0.15) is 0 Å². The first-order valence-corrected chi connectivity index (χ1v) is 4.84. The van der Waals surface area contributed by atoms with E-state index in [0.717, 1.165) is 12.8 Å². The molecule has 0 unspecified atom stereocenters. The highest BCUT2D eigenvalue weighted by molar-refractivity contribution is 7.09. The fourth-order valence-corrected chi connectivity index (χ4v) is 1.73. The van der Waals surface area contributed by atoms with Crippen LogP contribution in [0.1, 0.15) is 17.7 Å². The summed E-state index contributed by atoms with van der Waals surface area (Å²) in [5.74, 6) is -0.383. The van der Waals surface area contributed by atoms with Crippen LogP contribution >= 0.6 is 11.3 Å². The van der Waals surface area contributed by atoms with Crippen molar-refractivity contribution in [3.63, 3.8) is 0 Å². The molecule has 4 heteroatoms. The first kappa shape index (κ1) is 9.84. The molecule has 0 bridgehead atoms. The van der Waals surface area contributed by atoms with E-state index in [9.17, 15) is 9.59 Å². The summed E-state index contributed by atoms with van der Waals surface area (Å²) in [5.41, 5.74) is 0. The van der Waals surface area contributed by atoms with Crippen LogP contribution in [0, 0.1) is 0 Å². The smallest absolute Gasteiger partial charge is 0.256 e. The second-order valence-corrected chi connectivity index (χ2v) is 3.56. The van der Waals surface area contributed by atoms with E-state index in [1.54, 1.807) is 11.3 Å². The van der Waals surface area contributed by atoms with E-state index in [4.69, 9.17) is 0 Å². The predicted octanol–water partition coefficient (Wildman–Crippen LogP) is 1.93. The first-order valence-electron chi connectivity index (χ1n) is 3.96. The number of aliphatic imine (C=N–C) groups is 1. The van der Waals surface area contributed by atoms with Gasteiger partial charge >= 0.3 is 0 Å². The van der Waals surface area contributed by atoms with Crippen molar-refractivity contribution in [3.8, 4) is 0 Å². The van der Waals surface area contributed by atoms with Crippen LogP contribution in [-0.2, 0) is 16.0 Å². The number of isocyanates is 1. The molecule has 0 saturated carbocycles. The molecule has 0 aliphatic carbocycles. The Morgan fingerprint density at radius 2 is 2.46 bits per heavy atom. The summed E-state index contributed by atoms with van der Waals surface area (Å²) in [6, 6.07) is 4.00. The van der Waals surface area contributed by atoms with Gasteiger partial charge in [-0.15, -0.1) is 16.3 Å². The SMILES string of the molecule is O=C=NC(=O)CCCc1cccs1. The van der Waals surface area contributed by atoms with E-state index in [0.29, 0.717) is 6.42 Å². The second kappa shape index (κ2) is 5.41. The predicted molar refractivity (Wildman–Crippen MR) is 50.4 cm³/mol. The van der Waals surface area contributed by atoms with Gasteiger partial charge in [-0.3, -0.25) is 4.79 Å². The number of carbonyl (C=O) groups excluding carboxylic acids is 2. The normalized spacial score (nSPS) is 9.23. The van der Waals surface area contributed by atoms with Gasteiger partial charge < -0.3 is 0 Å². The van der Waals surface area contributed by atoms with Crippen LogP contribution in [0.2, 0.25) is 0 Å². The van der Waals surface area contributed by atoms with Crippen LogP contribution in [0.5, 0.6) is 0 Å². The fraction of sp³-hybridized carbons (Fsp3) is 0.333. The Labute approximate surface area is 80.1 Å². The lowest BCUT2D eigenvalue weighted by molar-refractivity contribution is -0.117. The molecule has 0 aliphatic rings. The van der Waals surface area contributed by atoms with Gasteiger partial charge in [-0.2, -0.15) is 0 Å². The first-order chi connectivity index (χ1) is 6.33. The Kier molecular flexibility index (Phi) is 4.09. The van der Waals surface area contributed by atoms with Crippen LogP contribution in [0.15, 0.2) is 22.5 Å². The number of rotatable bonds is 4. The number of amides is 1.